The van der Waals surface area contributed by atoms with Crippen molar-refractivity contribution in [2.75, 3.05) is 17.2 Å². The average molecular weight is 329 g/mol. The molecule has 4 heteroatoms. The van der Waals surface area contributed by atoms with Crippen LogP contribution in [0.2, 0.25) is 1.41 Å². The fraction of sp³-hybridized carbons (Fsp3) is 0.368. The standard InChI is InChI=1S/C19H21FN2S/c1-12-8-16(10-18(19(12)21)23-17-4-5-17)22-7-6-13-9-15(20)3-2-14(13)11-22/h2-3,8-10,17H,4-7,11,21H2,1H3/i/hD. The lowest BCUT2D eigenvalue weighted by Gasteiger charge is -2.31. The minimum Gasteiger partial charge on any atom is -0.398 e. The van der Waals surface area contributed by atoms with Crippen molar-refractivity contribution in [3.8, 4) is 0 Å². The van der Waals surface area contributed by atoms with Crippen LogP contribution in [0.4, 0.5) is 15.8 Å². The van der Waals surface area contributed by atoms with Gasteiger partial charge >= 0.3 is 0 Å². The van der Waals surface area contributed by atoms with E-state index in [-0.39, 0.29) is 5.82 Å². The molecule has 1 fully saturated rings. The number of aryl methyl sites for hydroxylation is 1. The Hall–Kier alpha value is -1.68. The summed E-state index contributed by atoms with van der Waals surface area (Å²) in [5.74, 6) is -0.146. The third-order valence-corrected chi connectivity index (χ3v) is 6.03. The summed E-state index contributed by atoms with van der Waals surface area (Å²) in [5.41, 5.74) is 8.18. The number of hydrogen-bond acceptors (Lipinski definition) is 3. The van der Waals surface area contributed by atoms with E-state index >= 15 is 0 Å². The van der Waals surface area contributed by atoms with Crippen LogP contribution in [-0.4, -0.2) is 11.8 Å². The summed E-state index contributed by atoms with van der Waals surface area (Å²) in [6, 6.07) is 9.49. The van der Waals surface area contributed by atoms with Crippen LogP contribution in [0, 0.1) is 12.7 Å². The Labute approximate surface area is 142 Å². The van der Waals surface area contributed by atoms with E-state index < -0.39 is 0 Å². The second-order valence-corrected chi connectivity index (χ2v) is 7.88. The molecule has 0 atom stereocenters. The first-order valence-corrected chi connectivity index (χ1v) is 9.03. The highest BCUT2D eigenvalue weighted by Gasteiger charge is 2.25. The van der Waals surface area contributed by atoms with E-state index in [4.69, 9.17) is 1.41 Å². The van der Waals surface area contributed by atoms with Crippen LogP contribution < -0.4 is 10.6 Å². The monoisotopic (exact) mass is 329 g/mol. The van der Waals surface area contributed by atoms with Gasteiger partial charge in [0.25, 0.3) is 0 Å². The molecule has 0 saturated heterocycles. The van der Waals surface area contributed by atoms with Crippen LogP contribution in [0.5, 0.6) is 0 Å². The molecule has 23 heavy (non-hydrogen) atoms. The summed E-state index contributed by atoms with van der Waals surface area (Å²) in [7, 11) is 0. The molecular weight excluding hydrogens is 307 g/mol. The molecule has 0 radical (unpaired) electrons. The summed E-state index contributed by atoms with van der Waals surface area (Å²) in [5, 5.41) is 0.705. The van der Waals surface area contributed by atoms with Gasteiger partial charge in [-0.3, -0.25) is 0 Å². The normalized spacial score (nSPS) is 17.7. The van der Waals surface area contributed by atoms with Crippen molar-refractivity contribution in [1.29, 1.82) is 0 Å². The SMILES string of the molecule is [2H]Nc1c(C)cc(N2CCc3cc(F)ccc3C2)cc1SC1CC1. The highest BCUT2D eigenvalue weighted by Crippen LogP contribution is 2.43. The number of nitrogens with zero attached hydrogens (tertiary/aromatic N) is 1. The van der Waals surface area contributed by atoms with Gasteiger partial charge in [-0.15, -0.1) is 11.8 Å². The average Bonchev–Trinajstić information content (AvgIpc) is 3.38. The lowest BCUT2D eigenvalue weighted by Crippen LogP contribution is -2.30. The molecule has 0 amide bonds. The van der Waals surface area contributed by atoms with Gasteiger partial charge in [-0.25, -0.2) is 4.39 Å². The Morgan fingerprint density at radius 3 is 2.91 bits per heavy atom. The van der Waals surface area contributed by atoms with Crippen LogP contribution in [0.15, 0.2) is 35.2 Å². The maximum Gasteiger partial charge on any atom is 0.156 e. The smallest absolute Gasteiger partial charge is 0.156 e. The van der Waals surface area contributed by atoms with Crippen LogP contribution >= 0.6 is 11.8 Å². The molecule has 2 aliphatic rings. The van der Waals surface area contributed by atoms with E-state index in [0.29, 0.717) is 5.25 Å². The van der Waals surface area contributed by atoms with E-state index in [0.717, 1.165) is 36.3 Å². The van der Waals surface area contributed by atoms with Crippen molar-refractivity contribution in [2.45, 2.75) is 42.9 Å². The molecule has 2 aromatic rings. The zero-order valence-corrected chi connectivity index (χ0v) is 14.0. The predicted octanol–water partition coefficient (Wildman–Crippen LogP) is 4.53. The number of thioether (sulfide) groups is 1. The van der Waals surface area contributed by atoms with E-state index in [1.807, 2.05) is 17.8 Å². The van der Waals surface area contributed by atoms with Crippen LogP contribution in [0.1, 0.15) is 29.5 Å². The number of fused-ring (bicyclic) bond motifs is 1. The maximum atomic E-state index is 13.4. The molecule has 0 spiro atoms. The van der Waals surface area contributed by atoms with E-state index in [2.05, 4.69) is 29.7 Å². The Bertz CT molecular complexity index is 776. The number of rotatable bonds is 4. The predicted molar refractivity (Wildman–Crippen MR) is 95.6 cm³/mol. The summed E-state index contributed by atoms with van der Waals surface area (Å²) < 4.78 is 21.0. The molecule has 4 rings (SSSR count). The highest BCUT2D eigenvalue weighted by atomic mass is 32.2. The van der Waals surface area contributed by atoms with Gasteiger partial charge in [-0.2, -0.15) is 0 Å². The first-order chi connectivity index (χ1) is 11.6. The number of anilines is 2. The minimum atomic E-state index is -0.146. The van der Waals surface area contributed by atoms with Crippen molar-refractivity contribution < 1.29 is 5.80 Å². The van der Waals surface area contributed by atoms with E-state index in [9.17, 15) is 4.39 Å². The van der Waals surface area contributed by atoms with Gasteiger partial charge in [0.05, 0.1) is 0 Å². The van der Waals surface area contributed by atoms with Gasteiger partial charge in [0.15, 0.2) is 1.41 Å². The first kappa shape index (κ1) is 13.7. The molecule has 1 heterocycles. The molecule has 1 saturated carbocycles. The Kier molecular flexibility index (Phi) is 3.43. The molecule has 120 valence electrons. The van der Waals surface area contributed by atoms with Gasteiger partial charge in [-0.1, -0.05) is 6.07 Å². The lowest BCUT2D eigenvalue weighted by atomic mass is 9.99. The molecule has 1 aliphatic heterocycles. The van der Waals surface area contributed by atoms with Crippen molar-refractivity contribution in [3.63, 3.8) is 0 Å². The summed E-state index contributed by atoms with van der Waals surface area (Å²) in [4.78, 5) is 3.53. The van der Waals surface area contributed by atoms with Gasteiger partial charge in [0, 0.05) is 34.6 Å². The van der Waals surface area contributed by atoms with Gasteiger partial charge in [0.1, 0.15) is 5.82 Å². The van der Waals surface area contributed by atoms with Crippen LogP contribution in [-0.2, 0) is 13.0 Å². The molecular formula is C19H21FN2S. The fourth-order valence-electron chi connectivity index (χ4n) is 3.12. The second kappa shape index (κ2) is 5.75. The molecule has 0 bridgehead atoms. The molecule has 2 nitrogen and oxygen atoms in total. The molecule has 1 aliphatic carbocycles. The third-order valence-electron chi connectivity index (χ3n) is 4.65. The van der Waals surface area contributed by atoms with Crippen LogP contribution in [0.25, 0.3) is 0 Å². The topological polar surface area (TPSA) is 29.3 Å². The zero-order valence-electron chi connectivity index (χ0n) is 14.2. The summed E-state index contributed by atoms with van der Waals surface area (Å²) in [6.45, 7) is 3.78. The van der Waals surface area contributed by atoms with Crippen molar-refractivity contribution in [1.82, 2.24) is 0 Å². The zero-order chi connectivity index (χ0) is 16.7. The van der Waals surface area contributed by atoms with Gasteiger partial charge in [0.2, 0.25) is 0 Å². The maximum absolute atomic E-state index is 13.4. The Balaban J connectivity index is 1.64. The highest BCUT2D eigenvalue weighted by molar-refractivity contribution is 8.00. The van der Waals surface area contributed by atoms with Crippen molar-refractivity contribution in [3.05, 3.63) is 52.8 Å². The first-order valence-electron chi connectivity index (χ1n) is 8.65. The van der Waals surface area contributed by atoms with Crippen LogP contribution in [0.3, 0.4) is 0 Å². The minimum absolute atomic E-state index is 0.146. The summed E-state index contributed by atoms with van der Waals surface area (Å²) in [6.07, 6.45) is 3.41. The number of benzene rings is 2. The Morgan fingerprint density at radius 2 is 2.13 bits per heavy atom. The molecule has 0 aromatic heterocycles. The second-order valence-electron chi connectivity index (χ2n) is 6.54. The largest absolute Gasteiger partial charge is 0.398 e. The molecule has 2 N–H and O–H groups in total. The van der Waals surface area contributed by atoms with E-state index in [1.165, 1.54) is 29.0 Å². The Morgan fingerprint density at radius 1 is 1.26 bits per heavy atom. The fourth-order valence-corrected chi connectivity index (χ4v) is 4.32. The number of nitrogens with two attached hydrogens (primary N) is 1. The number of nitrogen functional groups attached to an aromatic ring is 1. The van der Waals surface area contributed by atoms with Crippen molar-refractivity contribution in [2.24, 2.45) is 0 Å². The van der Waals surface area contributed by atoms with Crippen molar-refractivity contribution >= 4 is 23.1 Å². The van der Waals surface area contributed by atoms with E-state index in [1.54, 1.807) is 12.1 Å². The molecule has 0 unspecified atom stereocenters. The third kappa shape index (κ3) is 3.05. The quantitative estimate of drug-likeness (QED) is 0.836. The van der Waals surface area contributed by atoms with Gasteiger partial charge in [-0.05, 0) is 67.1 Å². The number of halogens is 1. The summed E-state index contributed by atoms with van der Waals surface area (Å²) >= 11 is 1.88. The number of hydrogen-bond donors (Lipinski definition) is 1. The van der Waals surface area contributed by atoms with Gasteiger partial charge < -0.3 is 10.6 Å². The molecule has 2 aromatic carbocycles. The lowest BCUT2D eigenvalue weighted by molar-refractivity contribution is 0.619.